The van der Waals surface area contributed by atoms with E-state index < -0.39 is 0 Å². The van der Waals surface area contributed by atoms with Crippen molar-refractivity contribution in [3.05, 3.63) is 12.2 Å². The minimum atomic E-state index is 0.120. The molecule has 0 aromatic rings. The first-order valence-electron chi connectivity index (χ1n) is 3.22. The third kappa shape index (κ3) is 5.93. The fourth-order valence-electron chi connectivity index (χ4n) is 0.396. The normalized spacial score (nSPS) is 10.6. The van der Waals surface area contributed by atoms with Gasteiger partial charge in [-0.15, -0.1) is 9.24 Å². The molecule has 0 radical (unpaired) electrons. The van der Waals surface area contributed by atoms with Gasteiger partial charge < -0.3 is 4.74 Å². The first kappa shape index (κ1) is 9.80. The van der Waals surface area contributed by atoms with Gasteiger partial charge in [-0.2, -0.15) is 0 Å². The van der Waals surface area contributed by atoms with Gasteiger partial charge in [0.25, 0.3) is 0 Å². The van der Waals surface area contributed by atoms with E-state index in [0.29, 0.717) is 12.8 Å². The van der Waals surface area contributed by atoms with E-state index in [2.05, 4.69) is 9.24 Å². The Bertz CT molecular complexity index is 121. The molecule has 0 aromatic carbocycles. The summed E-state index contributed by atoms with van der Waals surface area (Å²) in [6, 6.07) is 0. The zero-order valence-corrected chi connectivity index (χ0v) is 7.32. The standard InChI is InChI=1S/C7H13O2P/c1-2-3-4-9-5-7(8)6-10/h2-3H,4-6,10H2,1H3/b3-2+. The van der Waals surface area contributed by atoms with E-state index in [-0.39, 0.29) is 12.4 Å². The minimum absolute atomic E-state index is 0.120. The molecule has 0 fully saturated rings. The van der Waals surface area contributed by atoms with Gasteiger partial charge >= 0.3 is 0 Å². The SMILES string of the molecule is C/C=C/COCC(=O)CP. The third-order valence-electron chi connectivity index (χ3n) is 0.940. The topological polar surface area (TPSA) is 26.3 Å². The van der Waals surface area contributed by atoms with Crippen molar-refractivity contribution in [3.8, 4) is 0 Å². The molecular formula is C7H13O2P. The Kier molecular flexibility index (Phi) is 6.78. The van der Waals surface area contributed by atoms with Crippen LogP contribution in [0.4, 0.5) is 0 Å². The van der Waals surface area contributed by atoms with Gasteiger partial charge in [0, 0.05) is 6.16 Å². The molecule has 1 atom stereocenters. The lowest BCUT2D eigenvalue weighted by Crippen LogP contribution is -2.09. The molecule has 0 aliphatic heterocycles. The van der Waals surface area contributed by atoms with E-state index in [9.17, 15) is 4.79 Å². The highest BCUT2D eigenvalue weighted by Gasteiger charge is 1.94. The summed E-state index contributed by atoms with van der Waals surface area (Å²) in [6.45, 7) is 2.68. The minimum Gasteiger partial charge on any atom is -0.370 e. The van der Waals surface area contributed by atoms with Crippen molar-refractivity contribution < 1.29 is 9.53 Å². The molecule has 0 spiro atoms. The van der Waals surface area contributed by atoms with Crippen LogP contribution in [0.25, 0.3) is 0 Å². The Balaban J connectivity index is 3.11. The zero-order valence-electron chi connectivity index (χ0n) is 6.17. The van der Waals surface area contributed by atoms with E-state index in [4.69, 9.17) is 4.74 Å². The smallest absolute Gasteiger partial charge is 0.162 e. The molecule has 3 heteroatoms. The monoisotopic (exact) mass is 160 g/mol. The molecule has 0 saturated heterocycles. The van der Waals surface area contributed by atoms with Crippen molar-refractivity contribution in [1.82, 2.24) is 0 Å². The Morgan fingerprint density at radius 3 is 2.90 bits per heavy atom. The first-order chi connectivity index (χ1) is 4.81. The third-order valence-corrected chi connectivity index (χ3v) is 1.40. The van der Waals surface area contributed by atoms with E-state index in [1.54, 1.807) is 0 Å². The summed E-state index contributed by atoms with van der Waals surface area (Å²) in [4.78, 5) is 10.6. The summed E-state index contributed by atoms with van der Waals surface area (Å²) >= 11 is 0. The Hall–Kier alpha value is -0.200. The second-order valence-corrected chi connectivity index (χ2v) is 2.24. The fraction of sp³-hybridized carbons (Fsp3) is 0.571. The maximum atomic E-state index is 10.6. The van der Waals surface area contributed by atoms with E-state index in [1.165, 1.54) is 0 Å². The molecule has 10 heavy (non-hydrogen) atoms. The maximum Gasteiger partial charge on any atom is 0.162 e. The van der Waals surface area contributed by atoms with E-state index in [1.807, 2.05) is 19.1 Å². The van der Waals surface area contributed by atoms with Crippen LogP contribution in [0.15, 0.2) is 12.2 Å². The number of rotatable bonds is 5. The van der Waals surface area contributed by atoms with Gasteiger partial charge in [0.1, 0.15) is 6.61 Å². The molecular weight excluding hydrogens is 147 g/mol. The maximum absolute atomic E-state index is 10.6. The Labute approximate surface area is 63.8 Å². The van der Waals surface area contributed by atoms with Crippen molar-refractivity contribution >= 4 is 15.0 Å². The van der Waals surface area contributed by atoms with Crippen molar-refractivity contribution in [1.29, 1.82) is 0 Å². The van der Waals surface area contributed by atoms with Crippen LogP contribution in [0.1, 0.15) is 6.92 Å². The number of allylic oxidation sites excluding steroid dienone is 1. The van der Waals surface area contributed by atoms with Gasteiger partial charge in [-0.1, -0.05) is 12.2 Å². The zero-order chi connectivity index (χ0) is 7.82. The molecule has 0 bridgehead atoms. The average Bonchev–Trinajstić information content (AvgIpc) is 1.98. The second-order valence-electron chi connectivity index (χ2n) is 1.83. The van der Waals surface area contributed by atoms with Gasteiger partial charge in [-0.05, 0) is 6.92 Å². The molecule has 0 N–H and O–H groups in total. The number of hydrogen-bond donors (Lipinski definition) is 0. The summed E-state index contributed by atoms with van der Waals surface area (Å²) in [5, 5.41) is 0. The Morgan fingerprint density at radius 2 is 2.40 bits per heavy atom. The largest absolute Gasteiger partial charge is 0.370 e. The Morgan fingerprint density at radius 1 is 1.70 bits per heavy atom. The number of Topliss-reactive ketones (excluding diaryl/α,β-unsaturated/α-hetero) is 1. The van der Waals surface area contributed by atoms with Gasteiger partial charge in [0.05, 0.1) is 6.61 Å². The molecule has 0 aliphatic rings. The summed E-state index contributed by atoms with van der Waals surface area (Å²) < 4.78 is 4.98. The van der Waals surface area contributed by atoms with Gasteiger partial charge in [-0.25, -0.2) is 0 Å². The molecule has 0 rings (SSSR count). The molecule has 0 aromatic heterocycles. The predicted molar refractivity (Wildman–Crippen MR) is 45.2 cm³/mol. The van der Waals surface area contributed by atoms with E-state index >= 15 is 0 Å². The highest BCUT2D eigenvalue weighted by atomic mass is 31.0. The summed E-state index contributed by atoms with van der Waals surface area (Å²) in [6.07, 6.45) is 4.25. The lowest BCUT2D eigenvalue weighted by molar-refractivity contribution is -0.120. The van der Waals surface area contributed by atoms with Crippen LogP contribution in [-0.2, 0) is 9.53 Å². The number of hydrogen-bond acceptors (Lipinski definition) is 2. The fourth-order valence-corrected chi connectivity index (χ4v) is 0.514. The van der Waals surface area contributed by atoms with Gasteiger partial charge in [0.15, 0.2) is 5.78 Å². The number of carbonyl (C=O) groups excluding carboxylic acids is 1. The molecule has 0 aliphatic carbocycles. The number of carbonyl (C=O) groups is 1. The quantitative estimate of drug-likeness (QED) is 0.341. The molecule has 2 nitrogen and oxygen atoms in total. The summed E-state index contributed by atoms with van der Waals surface area (Å²) in [7, 11) is 2.37. The number of ether oxygens (including phenoxy) is 1. The van der Waals surface area contributed by atoms with Gasteiger partial charge in [-0.3, -0.25) is 4.79 Å². The van der Waals surface area contributed by atoms with Crippen molar-refractivity contribution in [3.63, 3.8) is 0 Å². The molecule has 0 saturated carbocycles. The van der Waals surface area contributed by atoms with Crippen LogP contribution < -0.4 is 0 Å². The molecule has 1 unspecified atom stereocenters. The van der Waals surface area contributed by atoms with E-state index in [0.717, 1.165) is 0 Å². The van der Waals surface area contributed by atoms with Crippen molar-refractivity contribution in [2.45, 2.75) is 6.92 Å². The predicted octanol–water partition coefficient (Wildman–Crippen LogP) is 1.02. The first-order valence-corrected chi connectivity index (χ1v) is 4.03. The van der Waals surface area contributed by atoms with Crippen LogP contribution in [0.2, 0.25) is 0 Å². The second kappa shape index (κ2) is 6.91. The lowest BCUT2D eigenvalue weighted by Gasteiger charge is -1.96. The molecule has 58 valence electrons. The highest BCUT2D eigenvalue weighted by molar-refractivity contribution is 7.18. The summed E-state index contributed by atoms with van der Waals surface area (Å²) in [5.74, 6) is 0.120. The van der Waals surface area contributed by atoms with Crippen LogP contribution in [0, 0.1) is 0 Å². The van der Waals surface area contributed by atoms with Gasteiger partial charge in [0.2, 0.25) is 0 Å². The average molecular weight is 160 g/mol. The summed E-state index contributed by atoms with van der Waals surface area (Å²) in [5.41, 5.74) is 0. The van der Waals surface area contributed by atoms with Crippen molar-refractivity contribution in [2.24, 2.45) is 0 Å². The molecule has 0 amide bonds. The lowest BCUT2D eigenvalue weighted by atomic mass is 10.5. The highest BCUT2D eigenvalue weighted by Crippen LogP contribution is 1.84. The van der Waals surface area contributed by atoms with Crippen LogP contribution in [-0.4, -0.2) is 25.2 Å². The number of ketones is 1. The van der Waals surface area contributed by atoms with Crippen LogP contribution in [0.3, 0.4) is 0 Å². The van der Waals surface area contributed by atoms with Crippen molar-refractivity contribution in [2.75, 3.05) is 19.4 Å². The van der Waals surface area contributed by atoms with Crippen LogP contribution in [0.5, 0.6) is 0 Å². The molecule has 0 heterocycles. The van der Waals surface area contributed by atoms with Crippen LogP contribution >= 0.6 is 9.24 Å².